The molecule has 1 aliphatic rings. The molecule has 176 valence electrons. The summed E-state index contributed by atoms with van der Waals surface area (Å²) in [6, 6.07) is 0.364. The summed E-state index contributed by atoms with van der Waals surface area (Å²) in [7, 11) is 4.31. The molecular formula is C21H27F3N4O4. The van der Waals surface area contributed by atoms with E-state index in [4.69, 9.17) is 14.2 Å². The molecule has 3 atom stereocenters. The predicted octanol–water partition coefficient (Wildman–Crippen LogP) is 4.10. The van der Waals surface area contributed by atoms with Crippen molar-refractivity contribution in [2.75, 3.05) is 26.6 Å². The molecule has 2 heterocycles. The van der Waals surface area contributed by atoms with E-state index in [1.165, 1.54) is 21.3 Å². The second-order valence-electron chi connectivity index (χ2n) is 7.58. The van der Waals surface area contributed by atoms with Gasteiger partial charge < -0.3 is 24.8 Å². The van der Waals surface area contributed by atoms with Crippen LogP contribution in [0, 0.1) is 0 Å². The average molecular weight is 456 g/mol. The minimum absolute atomic E-state index is 0.0122. The Kier molecular flexibility index (Phi) is 6.75. The van der Waals surface area contributed by atoms with Crippen LogP contribution in [0.3, 0.4) is 0 Å². The van der Waals surface area contributed by atoms with Gasteiger partial charge in [-0.3, -0.25) is 4.79 Å². The molecule has 1 aromatic carbocycles. The number of anilines is 1. The van der Waals surface area contributed by atoms with Gasteiger partial charge in [0, 0.05) is 12.5 Å². The standard InChI is InChI=1S/C21H27F3N4O4/c1-6-11(2)26-20(29)13-10-25-28-17(21(22,23)24)9-14(27-19(13)28)12-7-15(30-3)18(32-5)16(8-12)31-4/h7-8,10-11,14,17,27H,6,9H2,1-5H3,(H,26,29)/t11-,14+,17-/m1/s1. The van der Waals surface area contributed by atoms with Gasteiger partial charge in [0.25, 0.3) is 5.91 Å². The summed E-state index contributed by atoms with van der Waals surface area (Å²) in [6.07, 6.45) is -3.05. The highest BCUT2D eigenvalue weighted by molar-refractivity contribution is 5.99. The summed E-state index contributed by atoms with van der Waals surface area (Å²) in [6.45, 7) is 3.72. The molecule has 2 aromatic rings. The third kappa shape index (κ3) is 4.42. The van der Waals surface area contributed by atoms with Gasteiger partial charge >= 0.3 is 6.18 Å². The Balaban J connectivity index is 2.06. The van der Waals surface area contributed by atoms with Crippen molar-refractivity contribution in [2.24, 2.45) is 0 Å². The van der Waals surface area contributed by atoms with Crippen molar-refractivity contribution in [3.63, 3.8) is 0 Å². The molecule has 1 amide bonds. The van der Waals surface area contributed by atoms with Crippen molar-refractivity contribution in [1.82, 2.24) is 15.1 Å². The number of carbonyl (C=O) groups excluding carboxylic acids is 1. The van der Waals surface area contributed by atoms with Crippen LogP contribution in [-0.4, -0.2) is 49.2 Å². The average Bonchev–Trinajstić information content (AvgIpc) is 3.20. The number of hydrogen-bond donors (Lipinski definition) is 2. The highest BCUT2D eigenvalue weighted by Gasteiger charge is 2.47. The van der Waals surface area contributed by atoms with Crippen LogP contribution in [0.5, 0.6) is 17.2 Å². The van der Waals surface area contributed by atoms with E-state index in [1.807, 2.05) is 13.8 Å². The van der Waals surface area contributed by atoms with Gasteiger partial charge in [-0.2, -0.15) is 18.3 Å². The predicted molar refractivity (Wildman–Crippen MR) is 112 cm³/mol. The number of methoxy groups -OCH3 is 3. The van der Waals surface area contributed by atoms with E-state index in [-0.39, 0.29) is 23.8 Å². The van der Waals surface area contributed by atoms with E-state index in [1.54, 1.807) is 12.1 Å². The van der Waals surface area contributed by atoms with E-state index < -0.39 is 24.2 Å². The van der Waals surface area contributed by atoms with Crippen molar-refractivity contribution < 1.29 is 32.2 Å². The molecule has 0 radical (unpaired) electrons. The molecule has 0 fully saturated rings. The maximum Gasteiger partial charge on any atom is 0.410 e. The first kappa shape index (κ1) is 23.6. The quantitative estimate of drug-likeness (QED) is 0.653. The summed E-state index contributed by atoms with van der Waals surface area (Å²) in [5, 5.41) is 9.72. The lowest BCUT2D eigenvalue weighted by Crippen LogP contribution is -2.37. The van der Waals surface area contributed by atoms with Gasteiger partial charge in [-0.25, -0.2) is 4.68 Å². The van der Waals surface area contributed by atoms with Crippen molar-refractivity contribution in [3.8, 4) is 17.2 Å². The summed E-state index contributed by atoms with van der Waals surface area (Å²) < 4.78 is 58.6. The molecule has 1 aromatic heterocycles. The van der Waals surface area contributed by atoms with E-state index in [9.17, 15) is 18.0 Å². The lowest BCUT2D eigenvalue weighted by atomic mass is 9.95. The number of carbonyl (C=O) groups is 1. The Morgan fingerprint density at radius 2 is 1.88 bits per heavy atom. The van der Waals surface area contributed by atoms with Crippen LogP contribution in [-0.2, 0) is 0 Å². The first-order valence-corrected chi connectivity index (χ1v) is 10.2. The zero-order chi connectivity index (χ0) is 23.6. The number of benzene rings is 1. The van der Waals surface area contributed by atoms with Gasteiger partial charge in [0.1, 0.15) is 11.4 Å². The number of nitrogens with zero attached hydrogens (tertiary/aromatic N) is 2. The fraction of sp³-hybridized carbons (Fsp3) is 0.524. The first-order chi connectivity index (χ1) is 15.1. The number of rotatable bonds is 7. The van der Waals surface area contributed by atoms with Crippen LogP contribution in [0.1, 0.15) is 54.7 Å². The molecule has 0 saturated heterocycles. The molecule has 0 spiro atoms. The molecule has 8 nitrogen and oxygen atoms in total. The van der Waals surface area contributed by atoms with E-state index in [0.717, 1.165) is 10.9 Å². The topological polar surface area (TPSA) is 86.6 Å². The maximum absolute atomic E-state index is 13.9. The lowest BCUT2D eigenvalue weighted by molar-refractivity contribution is -0.173. The molecular weight excluding hydrogens is 429 g/mol. The number of ether oxygens (including phenoxy) is 3. The van der Waals surface area contributed by atoms with Crippen LogP contribution >= 0.6 is 0 Å². The molecule has 1 aliphatic heterocycles. The van der Waals surface area contributed by atoms with Gasteiger partial charge in [0.15, 0.2) is 17.5 Å². The van der Waals surface area contributed by atoms with Crippen LogP contribution < -0.4 is 24.8 Å². The minimum Gasteiger partial charge on any atom is -0.493 e. The fourth-order valence-electron chi connectivity index (χ4n) is 3.65. The Labute approximate surface area is 184 Å². The van der Waals surface area contributed by atoms with Crippen LogP contribution in [0.15, 0.2) is 18.3 Å². The summed E-state index contributed by atoms with van der Waals surface area (Å²) >= 11 is 0. The summed E-state index contributed by atoms with van der Waals surface area (Å²) in [4.78, 5) is 12.7. The van der Waals surface area contributed by atoms with Crippen molar-refractivity contribution in [3.05, 3.63) is 29.5 Å². The highest BCUT2D eigenvalue weighted by atomic mass is 19.4. The summed E-state index contributed by atoms with van der Waals surface area (Å²) in [5.41, 5.74) is 0.547. The van der Waals surface area contributed by atoms with Crippen LogP contribution in [0.25, 0.3) is 0 Å². The van der Waals surface area contributed by atoms with E-state index in [0.29, 0.717) is 29.2 Å². The third-order valence-corrected chi connectivity index (χ3v) is 5.56. The van der Waals surface area contributed by atoms with Gasteiger partial charge in [-0.05, 0) is 31.0 Å². The van der Waals surface area contributed by atoms with Crippen molar-refractivity contribution >= 4 is 11.7 Å². The lowest BCUT2D eigenvalue weighted by Gasteiger charge is -2.34. The second kappa shape index (κ2) is 9.17. The Morgan fingerprint density at radius 1 is 1.25 bits per heavy atom. The number of aromatic nitrogens is 2. The fourth-order valence-corrected chi connectivity index (χ4v) is 3.65. The zero-order valence-corrected chi connectivity index (χ0v) is 18.5. The van der Waals surface area contributed by atoms with Crippen molar-refractivity contribution in [2.45, 2.75) is 51.0 Å². The van der Waals surface area contributed by atoms with Gasteiger partial charge in [-0.15, -0.1) is 0 Å². The van der Waals surface area contributed by atoms with E-state index in [2.05, 4.69) is 15.7 Å². The largest absolute Gasteiger partial charge is 0.493 e. The monoisotopic (exact) mass is 456 g/mol. The smallest absolute Gasteiger partial charge is 0.410 e. The molecule has 0 saturated carbocycles. The van der Waals surface area contributed by atoms with E-state index >= 15 is 0 Å². The first-order valence-electron chi connectivity index (χ1n) is 10.2. The van der Waals surface area contributed by atoms with Gasteiger partial charge in [-0.1, -0.05) is 6.92 Å². The van der Waals surface area contributed by atoms with Crippen molar-refractivity contribution in [1.29, 1.82) is 0 Å². The Hall–Kier alpha value is -3.11. The normalized spacial score (nSPS) is 18.9. The van der Waals surface area contributed by atoms with Gasteiger partial charge in [0.05, 0.1) is 33.6 Å². The van der Waals surface area contributed by atoms with Gasteiger partial charge in [0.2, 0.25) is 5.75 Å². The second-order valence-corrected chi connectivity index (χ2v) is 7.58. The number of fused-ring (bicyclic) bond motifs is 1. The number of alkyl halides is 3. The molecule has 0 unspecified atom stereocenters. The van der Waals surface area contributed by atoms with Crippen LogP contribution in [0.4, 0.5) is 19.0 Å². The molecule has 11 heteroatoms. The molecule has 2 N–H and O–H groups in total. The molecule has 0 bridgehead atoms. The zero-order valence-electron chi connectivity index (χ0n) is 18.5. The number of halogens is 3. The number of amides is 1. The molecule has 32 heavy (non-hydrogen) atoms. The minimum atomic E-state index is -4.56. The number of nitrogens with one attached hydrogen (secondary N) is 2. The SMILES string of the molecule is CC[C@@H](C)NC(=O)c1cnn2c1N[C@H](c1cc(OC)c(OC)c(OC)c1)C[C@@H]2C(F)(F)F. The molecule has 3 rings (SSSR count). The Morgan fingerprint density at radius 3 is 2.38 bits per heavy atom. The number of hydrogen-bond acceptors (Lipinski definition) is 6. The van der Waals surface area contributed by atoms with Crippen LogP contribution in [0.2, 0.25) is 0 Å². The third-order valence-electron chi connectivity index (χ3n) is 5.56. The highest BCUT2D eigenvalue weighted by Crippen LogP contribution is 2.47. The Bertz CT molecular complexity index is 951. The maximum atomic E-state index is 13.9. The summed E-state index contributed by atoms with van der Waals surface area (Å²) in [5.74, 6) is 0.500. The molecule has 0 aliphatic carbocycles.